The molecule has 2 amide bonds. The number of carbonyl (C=O) groups is 2. The van der Waals surface area contributed by atoms with Gasteiger partial charge < -0.3 is 14.9 Å². The number of hydrogen-bond acceptors (Lipinski definition) is 5. The number of aliphatic hydroxyl groups is 1. The highest BCUT2D eigenvalue weighted by molar-refractivity contribution is 7.89. The number of piperidine rings is 1. The van der Waals surface area contributed by atoms with Crippen LogP contribution in [0.3, 0.4) is 0 Å². The first kappa shape index (κ1) is 23.9. The number of nitrogens with one attached hydrogen (secondary N) is 1. The number of hydrogen-bond donors (Lipinski definition) is 2. The fourth-order valence-corrected chi connectivity index (χ4v) is 6.11. The van der Waals surface area contributed by atoms with Crippen molar-refractivity contribution in [1.29, 1.82) is 0 Å². The monoisotopic (exact) mass is 493 g/mol. The lowest BCUT2D eigenvalue weighted by molar-refractivity contribution is -0.146. The van der Waals surface area contributed by atoms with Crippen LogP contribution in [-0.2, 0) is 19.6 Å². The summed E-state index contributed by atoms with van der Waals surface area (Å²) < 4.78 is 28.5. The van der Waals surface area contributed by atoms with Gasteiger partial charge in [-0.3, -0.25) is 9.59 Å². The molecule has 2 N–H and O–H groups in total. The third kappa shape index (κ3) is 4.87. The second kappa shape index (κ2) is 9.58. The maximum atomic E-state index is 13.0. The lowest BCUT2D eigenvalue weighted by Gasteiger charge is -2.38. The highest BCUT2D eigenvalue weighted by atomic mass is 35.5. The Morgan fingerprint density at radius 3 is 2.64 bits per heavy atom. The molecule has 2 unspecified atom stereocenters. The summed E-state index contributed by atoms with van der Waals surface area (Å²) in [4.78, 5) is 29.2. The Kier molecular flexibility index (Phi) is 6.95. The molecule has 0 aromatic heterocycles. The lowest BCUT2D eigenvalue weighted by Crippen LogP contribution is -2.54. The quantitative estimate of drug-likeness (QED) is 0.641. The van der Waals surface area contributed by atoms with E-state index in [1.165, 1.54) is 11.0 Å². The van der Waals surface area contributed by atoms with E-state index < -0.39 is 28.0 Å². The van der Waals surface area contributed by atoms with E-state index in [1.54, 1.807) is 42.2 Å². The first-order chi connectivity index (χ1) is 15.7. The van der Waals surface area contributed by atoms with E-state index in [0.29, 0.717) is 11.6 Å². The summed E-state index contributed by atoms with van der Waals surface area (Å²) in [6.45, 7) is 2.40. The number of carbonyl (C=O) groups excluding carboxylic acids is 2. The minimum absolute atomic E-state index is 0.0619. The number of amides is 2. The Hall–Kier alpha value is -2.20. The topological polar surface area (TPSA) is 107 Å². The van der Waals surface area contributed by atoms with Gasteiger partial charge in [0, 0.05) is 18.1 Å². The molecule has 178 valence electrons. The Labute approximate surface area is 198 Å². The molecule has 2 aromatic carbocycles. The van der Waals surface area contributed by atoms with Crippen LogP contribution in [0.15, 0.2) is 41.3 Å². The minimum Gasteiger partial charge on any atom is -0.394 e. The molecule has 4 rings (SSSR count). The predicted molar refractivity (Wildman–Crippen MR) is 125 cm³/mol. The lowest BCUT2D eigenvalue weighted by atomic mass is 10.0. The molecule has 0 radical (unpaired) electrons. The first-order valence-corrected chi connectivity index (χ1v) is 13.0. The SMILES string of the molecule is C[C@@H](C(=O)N1CCCCC1CO)N1CCC(NS(=O)(=O)c2ccc3cc(Cl)ccc3c2)C1=O. The molecule has 10 heteroatoms. The molecule has 8 nitrogen and oxygen atoms in total. The third-order valence-corrected chi connectivity index (χ3v) is 8.27. The molecule has 0 spiro atoms. The number of nitrogens with zero attached hydrogens (tertiary/aromatic N) is 2. The van der Waals surface area contributed by atoms with Gasteiger partial charge in [0.2, 0.25) is 21.8 Å². The van der Waals surface area contributed by atoms with Gasteiger partial charge in [0.1, 0.15) is 12.1 Å². The highest BCUT2D eigenvalue weighted by Crippen LogP contribution is 2.25. The summed E-state index contributed by atoms with van der Waals surface area (Å²) in [6, 6.07) is 8.00. The van der Waals surface area contributed by atoms with Crippen LogP contribution in [-0.4, -0.2) is 73.0 Å². The number of rotatable bonds is 6. The van der Waals surface area contributed by atoms with E-state index in [9.17, 15) is 23.1 Å². The molecule has 0 aliphatic carbocycles. The molecule has 33 heavy (non-hydrogen) atoms. The van der Waals surface area contributed by atoms with Gasteiger partial charge in [-0.25, -0.2) is 8.42 Å². The molecule has 2 aliphatic rings. The molecular weight excluding hydrogens is 466 g/mol. The average molecular weight is 494 g/mol. The minimum atomic E-state index is -3.94. The Bertz CT molecular complexity index is 1170. The van der Waals surface area contributed by atoms with Crippen molar-refractivity contribution in [2.75, 3.05) is 19.7 Å². The first-order valence-electron chi connectivity index (χ1n) is 11.1. The van der Waals surface area contributed by atoms with Crippen molar-refractivity contribution >= 4 is 44.2 Å². The predicted octanol–water partition coefficient (Wildman–Crippen LogP) is 2.13. The molecule has 2 aliphatic heterocycles. The van der Waals surface area contributed by atoms with Gasteiger partial charge in [-0.15, -0.1) is 0 Å². The maximum absolute atomic E-state index is 13.0. The van der Waals surface area contributed by atoms with Crippen molar-refractivity contribution < 1.29 is 23.1 Å². The second-order valence-corrected chi connectivity index (χ2v) is 10.8. The molecular formula is C23H28ClN3O5S. The van der Waals surface area contributed by atoms with Crippen molar-refractivity contribution in [3.05, 3.63) is 41.4 Å². The Balaban J connectivity index is 1.46. The summed E-state index contributed by atoms with van der Waals surface area (Å²) in [7, 11) is -3.94. The van der Waals surface area contributed by atoms with Crippen LogP contribution in [0, 0.1) is 0 Å². The summed E-state index contributed by atoms with van der Waals surface area (Å²) >= 11 is 5.99. The van der Waals surface area contributed by atoms with Crippen LogP contribution < -0.4 is 4.72 Å². The van der Waals surface area contributed by atoms with Crippen molar-refractivity contribution in [2.24, 2.45) is 0 Å². The van der Waals surface area contributed by atoms with Gasteiger partial charge >= 0.3 is 0 Å². The Morgan fingerprint density at radius 1 is 1.15 bits per heavy atom. The number of fused-ring (bicyclic) bond motifs is 1. The Morgan fingerprint density at radius 2 is 1.88 bits per heavy atom. The molecule has 2 heterocycles. The molecule has 0 saturated carbocycles. The van der Waals surface area contributed by atoms with Gasteiger partial charge in [0.05, 0.1) is 17.5 Å². The van der Waals surface area contributed by atoms with Gasteiger partial charge in [-0.05, 0) is 67.6 Å². The maximum Gasteiger partial charge on any atom is 0.245 e. The van der Waals surface area contributed by atoms with Gasteiger partial charge in [-0.2, -0.15) is 4.72 Å². The van der Waals surface area contributed by atoms with Crippen LogP contribution in [0.4, 0.5) is 0 Å². The van der Waals surface area contributed by atoms with E-state index in [-0.39, 0.29) is 36.4 Å². The summed E-state index contributed by atoms with van der Waals surface area (Å²) in [6.07, 6.45) is 2.84. The van der Waals surface area contributed by atoms with Gasteiger partial charge in [0.15, 0.2) is 0 Å². The molecule has 3 atom stereocenters. The standard InChI is InChI=1S/C23H28ClN3O5S/c1-15(22(29)27-10-3-2-4-19(27)14-28)26-11-9-21(23(26)30)25-33(31,32)20-8-6-16-12-18(24)7-5-17(16)13-20/h5-8,12-13,15,19,21,25,28H,2-4,9-11,14H2,1H3/t15-,19?,21?/m0/s1. The molecule has 2 fully saturated rings. The molecule has 2 aromatic rings. The van der Waals surface area contributed by atoms with Crippen LogP contribution in [0.25, 0.3) is 10.8 Å². The van der Waals surface area contributed by atoms with Crippen molar-refractivity contribution in [1.82, 2.24) is 14.5 Å². The van der Waals surface area contributed by atoms with E-state index in [0.717, 1.165) is 30.0 Å². The third-order valence-electron chi connectivity index (χ3n) is 6.57. The number of benzene rings is 2. The average Bonchev–Trinajstić information content (AvgIpc) is 3.16. The van der Waals surface area contributed by atoms with Crippen molar-refractivity contribution in [3.8, 4) is 0 Å². The number of aliphatic hydroxyl groups excluding tert-OH is 1. The van der Waals surface area contributed by atoms with Crippen molar-refractivity contribution in [2.45, 2.75) is 55.6 Å². The normalized spacial score (nSPS) is 22.7. The second-order valence-electron chi connectivity index (χ2n) is 8.69. The molecule has 0 bridgehead atoms. The van der Waals surface area contributed by atoms with Gasteiger partial charge in [0.25, 0.3) is 0 Å². The zero-order valence-electron chi connectivity index (χ0n) is 18.4. The zero-order valence-corrected chi connectivity index (χ0v) is 20.0. The van der Waals surface area contributed by atoms with E-state index in [4.69, 9.17) is 11.6 Å². The van der Waals surface area contributed by atoms with Crippen molar-refractivity contribution in [3.63, 3.8) is 0 Å². The molecule has 2 saturated heterocycles. The smallest absolute Gasteiger partial charge is 0.245 e. The van der Waals surface area contributed by atoms with E-state index >= 15 is 0 Å². The van der Waals surface area contributed by atoms with Crippen LogP contribution in [0.2, 0.25) is 5.02 Å². The van der Waals surface area contributed by atoms with Crippen LogP contribution in [0.5, 0.6) is 0 Å². The fourth-order valence-electron chi connectivity index (χ4n) is 4.67. The highest BCUT2D eigenvalue weighted by Gasteiger charge is 2.41. The number of likely N-dealkylation sites (tertiary alicyclic amines) is 2. The summed E-state index contributed by atoms with van der Waals surface area (Å²) in [5.74, 6) is -0.622. The summed E-state index contributed by atoms with van der Waals surface area (Å²) in [5, 5.41) is 11.7. The number of halogens is 1. The largest absolute Gasteiger partial charge is 0.394 e. The summed E-state index contributed by atoms with van der Waals surface area (Å²) in [5.41, 5.74) is 0. The van der Waals surface area contributed by atoms with Crippen LogP contribution in [0.1, 0.15) is 32.6 Å². The van der Waals surface area contributed by atoms with Crippen LogP contribution >= 0.6 is 11.6 Å². The zero-order chi connectivity index (χ0) is 23.8. The fraction of sp³-hybridized carbons (Fsp3) is 0.478. The number of sulfonamides is 1. The van der Waals surface area contributed by atoms with E-state index in [1.807, 2.05) is 0 Å². The van der Waals surface area contributed by atoms with Gasteiger partial charge in [-0.1, -0.05) is 23.7 Å². The van der Waals surface area contributed by atoms with E-state index in [2.05, 4.69) is 4.72 Å².